The molecule has 1 heterocycles. The molecular formula is C16H20N4O2. The number of hydrazine groups is 1. The number of rotatable bonds is 2. The Balaban J connectivity index is 0.000000172. The molecule has 0 aromatic heterocycles. The minimum atomic E-state index is -0.501. The Hall–Kier alpha value is -2.57. The molecule has 2 aromatic rings. The Morgan fingerprint density at radius 3 is 2.41 bits per heavy atom. The lowest BCUT2D eigenvalue weighted by Gasteiger charge is -2.12. The number of carbonyl (C=O) groups excluding carboxylic acids is 1. The van der Waals surface area contributed by atoms with E-state index in [9.17, 15) is 9.90 Å². The zero-order valence-corrected chi connectivity index (χ0v) is 12.2. The second-order valence-corrected chi connectivity index (χ2v) is 4.78. The zero-order chi connectivity index (χ0) is 15.8. The van der Waals surface area contributed by atoms with E-state index in [0.29, 0.717) is 12.4 Å². The van der Waals surface area contributed by atoms with Crippen LogP contribution < -0.4 is 16.5 Å². The first-order valence-corrected chi connectivity index (χ1v) is 7.02. The van der Waals surface area contributed by atoms with Gasteiger partial charge in [-0.15, -0.1) is 0 Å². The Labute approximate surface area is 129 Å². The third-order valence-corrected chi connectivity index (χ3v) is 3.12. The van der Waals surface area contributed by atoms with E-state index in [1.807, 2.05) is 48.5 Å². The number of aromatic hydroxyl groups is 1. The number of nitrogens with two attached hydrogens (primary N) is 1. The number of primary amides is 1. The summed E-state index contributed by atoms with van der Waals surface area (Å²) in [6.45, 7) is 2.41. The predicted octanol–water partition coefficient (Wildman–Crippen LogP) is 1.49. The lowest BCUT2D eigenvalue weighted by atomic mass is 10.1. The molecule has 2 aromatic carbocycles. The van der Waals surface area contributed by atoms with Gasteiger partial charge in [0.25, 0.3) is 0 Å². The molecule has 0 unspecified atom stereocenters. The topological polar surface area (TPSA) is 90.6 Å². The van der Waals surface area contributed by atoms with E-state index >= 15 is 0 Å². The van der Waals surface area contributed by atoms with Crippen molar-refractivity contribution in [2.45, 2.75) is 0 Å². The fourth-order valence-electron chi connectivity index (χ4n) is 2.09. The summed E-state index contributed by atoms with van der Waals surface area (Å²) in [5.74, 6) is 0.328. The molecule has 0 bridgehead atoms. The van der Waals surface area contributed by atoms with Gasteiger partial charge in [0.15, 0.2) is 0 Å². The van der Waals surface area contributed by atoms with Crippen LogP contribution in [0.1, 0.15) is 0 Å². The van der Waals surface area contributed by atoms with Gasteiger partial charge in [-0.05, 0) is 11.6 Å². The number of nitrogens with zero attached hydrogens (tertiary/aromatic N) is 1. The fourth-order valence-corrected chi connectivity index (χ4v) is 2.09. The van der Waals surface area contributed by atoms with Gasteiger partial charge in [-0.25, -0.2) is 9.80 Å². The highest BCUT2D eigenvalue weighted by Crippen LogP contribution is 2.27. The van der Waals surface area contributed by atoms with Crippen molar-refractivity contribution in [3.63, 3.8) is 0 Å². The highest BCUT2D eigenvalue weighted by Gasteiger charge is 2.10. The summed E-state index contributed by atoms with van der Waals surface area (Å²) < 4.78 is 0. The summed E-state index contributed by atoms with van der Waals surface area (Å²) in [6, 6.07) is 16.7. The molecule has 1 fully saturated rings. The van der Waals surface area contributed by atoms with Gasteiger partial charge in [0.05, 0.1) is 6.67 Å². The number of hydrogen-bond acceptors (Lipinski definition) is 4. The molecule has 1 aliphatic rings. The minimum Gasteiger partial charge on any atom is -0.507 e. The standard InChI is InChI=1S/C12H10O.C4H10N4O/c13-12-9-5-4-8-11(12)10-6-2-1-3-7-10;5-4(9)7-8-2-1-6-3-8/h1-9,13H;6H,1-3H2,(H3,5,7,9). The summed E-state index contributed by atoms with van der Waals surface area (Å²) in [5.41, 5.74) is 9.22. The van der Waals surface area contributed by atoms with Crippen LogP contribution in [-0.4, -0.2) is 35.9 Å². The lowest BCUT2D eigenvalue weighted by molar-refractivity contribution is 0.204. The molecule has 0 aliphatic carbocycles. The molecule has 2 amide bonds. The number of hydrogen-bond donors (Lipinski definition) is 4. The van der Waals surface area contributed by atoms with Crippen LogP contribution >= 0.6 is 0 Å². The second-order valence-electron chi connectivity index (χ2n) is 4.78. The van der Waals surface area contributed by atoms with E-state index < -0.39 is 6.03 Å². The van der Waals surface area contributed by atoms with Crippen LogP contribution in [0.5, 0.6) is 5.75 Å². The molecule has 0 saturated carbocycles. The van der Waals surface area contributed by atoms with E-state index in [0.717, 1.165) is 24.2 Å². The third-order valence-electron chi connectivity index (χ3n) is 3.12. The molecule has 6 heteroatoms. The average Bonchev–Trinajstić information content (AvgIpc) is 3.01. The average molecular weight is 300 g/mol. The van der Waals surface area contributed by atoms with Crippen LogP contribution in [-0.2, 0) is 0 Å². The van der Waals surface area contributed by atoms with Gasteiger partial charge in [0.1, 0.15) is 5.75 Å². The molecule has 22 heavy (non-hydrogen) atoms. The lowest BCUT2D eigenvalue weighted by Crippen LogP contribution is -2.44. The Bertz CT molecular complexity index is 598. The van der Waals surface area contributed by atoms with Gasteiger partial charge < -0.3 is 16.2 Å². The number of nitrogens with one attached hydrogen (secondary N) is 2. The maximum Gasteiger partial charge on any atom is 0.326 e. The van der Waals surface area contributed by atoms with Gasteiger partial charge >= 0.3 is 6.03 Å². The number of para-hydroxylation sites is 1. The SMILES string of the molecule is NC(=O)NN1CCNC1.Oc1ccccc1-c1ccccc1. The van der Waals surface area contributed by atoms with Crippen molar-refractivity contribution >= 4 is 6.03 Å². The molecule has 0 spiro atoms. The van der Waals surface area contributed by atoms with E-state index in [2.05, 4.69) is 10.7 Å². The van der Waals surface area contributed by atoms with Crippen molar-refractivity contribution in [3.8, 4) is 16.9 Å². The quantitative estimate of drug-likeness (QED) is 0.676. The number of amides is 2. The van der Waals surface area contributed by atoms with Gasteiger partial charge in [-0.2, -0.15) is 0 Å². The van der Waals surface area contributed by atoms with Crippen molar-refractivity contribution in [1.82, 2.24) is 15.8 Å². The highest BCUT2D eigenvalue weighted by atomic mass is 16.3. The van der Waals surface area contributed by atoms with Crippen molar-refractivity contribution < 1.29 is 9.90 Å². The van der Waals surface area contributed by atoms with Crippen LogP contribution in [0.2, 0.25) is 0 Å². The molecule has 1 aliphatic heterocycles. The van der Waals surface area contributed by atoms with Crippen LogP contribution in [0.4, 0.5) is 4.79 Å². The Kier molecular flexibility index (Phi) is 5.76. The first kappa shape index (κ1) is 15.8. The second kappa shape index (κ2) is 8.02. The minimum absolute atomic E-state index is 0.328. The van der Waals surface area contributed by atoms with Gasteiger partial charge in [-0.3, -0.25) is 5.43 Å². The number of phenolic OH excluding ortho intramolecular Hbond substituents is 1. The first-order chi connectivity index (χ1) is 10.7. The monoisotopic (exact) mass is 300 g/mol. The van der Waals surface area contributed by atoms with Gasteiger partial charge in [-0.1, -0.05) is 48.5 Å². The molecular weight excluding hydrogens is 280 g/mol. The predicted molar refractivity (Wildman–Crippen MR) is 85.8 cm³/mol. The summed E-state index contributed by atoms with van der Waals surface area (Å²) in [4.78, 5) is 10.2. The van der Waals surface area contributed by atoms with E-state index in [1.165, 1.54) is 0 Å². The van der Waals surface area contributed by atoms with E-state index in [1.54, 1.807) is 11.1 Å². The van der Waals surface area contributed by atoms with Crippen LogP contribution in [0.3, 0.4) is 0 Å². The van der Waals surface area contributed by atoms with Gasteiger partial charge in [0, 0.05) is 18.7 Å². The molecule has 6 nitrogen and oxygen atoms in total. The zero-order valence-electron chi connectivity index (χ0n) is 12.2. The Morgan fingerprint density at radius 2 is 1.82 bits per heavy atom. The summed E-state index contributed by atoms with van der Waals surface area (Å²) >= 11 is 0. The molecule has 3 rings (SSSR count). The molecule has 1 saturated heterocycles. The van der Waals surface area contributed by atoms with Crippen molar-refractivity contribution in [2.24, 2.45) is 5.73 Å². The number of urea groups is 1. The van der Waals surface area contributed by atoms with Gasteiger partial charge in [0.2, 0.25) is 0 Å². The van der Waals surface area contributed by atoms with E-state index in [-0.39, 0.29) is 0 Å². The van der Waals surface area contributed by atoms with Crippen LogP contribution in [0.15, 0.2) is 54.6 Å². The summed E-state index contributed by atoms with van der Waals surface area (Å²) in [5, 5.41) is 14.3. The molecule has 116 valence electrons. The maximum atomic E-state index is 10.2. The molecule has 5 N–H and O–H groups in total. The molecule has 0 atom stereocenters. The van der Waals surface area contributed by atoms with Crippen molar-refractivity contribution in [1.29, 1.82) is 0 Å². The normalized spacial score (nSPS) is 14.0. The number of phenols is 1. The summed E-state index contributed by atoms with van der Waals surface area (Å²) in [7, 11) is 0. The largest absolute Gasteiger partial charge is 0.507 e. The van der Waals surface area contributed by atoms with Crippen molar-refractivity contribution in [2.75, 3.05) is 19.8 Å². The highest BCUT2D eigenvalue weighted by molar-refractivity contribution is 5.71. The van der Waals surface area contributed by atoms with Crippen LogP contribution in [0.25, 0.3) is 11.1 Å². The Morgan fingerprint density at radius 1 is 1.14 bits per heavy atom. The van der Waals surface area contributed by atoms with E-state index in [4.69, 9.17) is 5.73 Å². The maximum absolute atomic E-state index is 10.2. The first-order valence-electron chi connectivity index (χ1n) is 7.02. The summed E-state index contributed by atoms with van der Waals surface area (Å²) in [6.07, 6.45) is 0. The van der Waals surface area contributed by atoms with Crippen molar-refractivity contribution in [3.05, 3.63) is 54.6 Å². The van der Waals surface area contributed by atoms with Crippen LogP contribution in [0, 0.1) is 0 Å². The number of benzene rings is 2. The fraction of sp³-hybridized carbons (Fsp3) is 0.188. The third kappa shape index (κ3) is 4.76. The smallest absolute Gasteiger partial charge is 0.326 e. The number of carbonyl (C=O) groups is 1. The molecule has 0 radical (unpaired) electrons.